The average molecular weight is 508 g/mol. The third-order valence-corrected chi connectivity index (χ3v) is 6.41. The predicted molar refractivity (Wildman–Crippen MR) is 151 cm³/mol. The average Bonchev–Trinajstić information content (AvgIpc) is 3.52. The highest BCUT2D eigenvalue weighted by Crippen LogP contribution is 2.30. The summed E-state index contributed by atoms with van der Waals surface area (Å²) in [4.78, 5) is 19.0. The molecule has 0 aliphatic rings. The van der Waals surface area contributed by atoms with Crippen molar-refractivity contribution in [3.8, 4) is 22.6 Å². The lowest BCUT2D eigenvalue weighted by atomic mass is 9.99. The van der Waals surface area contributed by atoms with Gasteiger partial charge in [0, 0.05) is 23.2 Å². The first kappa shape index (κ1) is 25.2. The number of fused-ring (bicyclic) bond motifs is 1. The van der Waals surface area contributed by atoms with Crippen LogP contribution in [-0.2, 0) is 6.42 Å². The van der Waals surface area contributed by atoms with E-state index >= 15 is 0 Å². The van der Waals surface area contributed by atoms with Crippen molar-refractivity contribution in [1.29, 1.82) is 0 Å². The summed E-state index contributed by atoms with van der Waals surface area (Å²) >= 11 is 0. The minimum absolute atomic E-state index is 0.245. The Labute approximate surface area is 220 Å². The summed E-state index contributed by atoms with van der Waals surface area (Å²) in [5.74, 6) is 0.363. The summed E-state index contributed by atoms with van der Waals surface area (Å²) in [6.45, 7) is 7.06. The van der Waals surface area contributed by atoms with Gasteiger partial charge in [0.05, 0.1) is 28.3 Å². The molecule has 0 spiro atoms. The first-order valence-corrected chi connectivity index (χ1v) is 12.5. The van der Waals surface area contributed by atoms with Gasteiger partial charge in [-0.2, -0.15) is 5.10 Å². The zero-order valence-electron chi connectivity index (χ0n) is 21.8. The highest BCUT2D eigenvalue weighted by Gasteiger charge is 2.15. The van der Waals surface area contributed by atoms with Gasteiger partial charge in [0.25, 0.3) is 0 Å². The molecule has 0 bridgehead atoms. The van der Waals surface area contributed by atoms with E-state index < -0.39 is 0 Å². The molecule has 2 N–H and O–H groups in total. The second kappa shape index (κ2) is 10.9. The van der Waals surface area contributed by atoms with Gasteiger partial charge in [0.2, 0.25) is 0 Å². The van der Waals surface area contributed by atoms with Crippen LogP contribution in [0, 0.1) is 5.82 Å². The van der Waals surface area contributed by atoms with Crippen molar-refractivity contribution < 1.29 is 4.39 Å². The number of rotatable bonds is 8. The minimum Gasteiger partial charge on any atom is -0.337 e. The van der Waals surface area contributed by atoms with Gasteiger partial charge >= 0.3 is 0 Å². The summed E-state index contributed by atoms with van der Waals surface area (Å²) in [5.41, 5.74) is 6.31. The predicted octanol–water partition coefficient (Wildman–Crippen LogP) is 4.34. The number of H-pyrrole nitrogens is 2. The van der Waals surface area contributed by atoms with E-state index in [0.717, 1.165) is 57.7 Å². The van der Waals surface area contributed by atoms with Gasteiger partial charge in [-0.05, 0) is 81.4 Å². The third kappa shape index (κ3) is 5.31. The van der Waals surface area contributed by atoms with Gasteiger partial charge in [0.15, 0.2) is 5.82 Å². The van der Waals surface area contributed by atoms with E-state index in [0.29, 0.717) is 22.8 Å². The number of nitrogens with zero attached hydrogens (tertiary/aromatic N) is 5. The van der Waals surface area contributed by atoms with E-state index in [1.165, 1.54) is 0 Å². The molecule has 0 radical (unpaired) electrons. The number of aryl methyl sites for hydroxylation is 1. The SMILES string of the molecule is C=C(/C=c1/c(-c2nc3c(-c4cc(F)cc(CCCN(C)C)c4)cccc3[nH]2)n[nH]/c1=C/C)c1cnccn1. The molecule has 3 aromatic heterocycles. The Morgan fingerprint density at radius 1 is 1.16 bits per heavy atom. The van der Waals surface area contributed by atoms with E-state index in [1.54, 1.807) is 30.7 Å². The number of benzene rings is 2. The number of hydrogen-bond donors (Lipinski definition) is 2. The Hall–Kier alpha value is -4.43. The van der Waals surface area contributed by atoms with Crippen molar-refractivity contribution in [3.63, 3.8) is 0 Å². The molecule has 5 rings (SSSR count). The number of aromatic nitrogens is 6. The molecule has 0 unspecified atom stereocenters. The normalized spacial score (nSPS) is 12.7. The van der Waals surface area contributed by atoms with E-state index in [2.05, 4.69) is 42.7 Å². The fourth-order valence-electron chi connectivity index (χ4n) is 4.55. The number of allylic oxidation sites excluding steroid dienone is 1. The van der Waals surface area contributed by atoms with Crippen LogP contribution in [0.4, 0.5) is 4.39 Å². The molecule has 192 valence electrons. The Kier molecular flexibility index (Phi) is 7.24. The molecule has 0 saturated carbocycles. The molecule has 5 aromatic rings. The van der Waals surface area contributed by atoms with Crippen molar-refractivity contribution in [3.05, 3.63) is 89.2 Å². The van der Waals surface area contributed by atoms with Crippen LogP contribution in [0.1, 0.15) is 24.6 Å². The number of halogens is 1. The van der Waals surface area contributed by atoms with E-state index in [1.807, 2.05) is 51.4 Å². The highest BCUT2D eigenvalue weighted by molar-refractivity contribution is 5.94. The molecule has 0 saturated heterocycles. The van der Waals surface area contributed by atoms with Crippen LogP contribution in [-0.4, -0.2) is 55.7 Å². The Balaban J connectivity index is 1.57. The number of aromatic amines is 2. The van der Waals surface area contributed by atoms with E-state index in [-0.39, 0.29) is 5.82 Å². The summed E-state index contributed by atoms with van der Waals surface area (Å²) in [6.07, 6.45) is 10.6. The second-order valence-corrected chi connectivity index (χ2v) is 9.49. The lowest BCUT2D eigenvalue weighted by Crippen LogP contribution is -2.23. The first-order chi connectivity index (χ1) is 18.4. The summed E-state index contributed by atoms with van der Waals surface area (Å²) < 4.78 is 14.6. The zero-order valence-corrected chi connectivity index (χ0v) is 21.8. The maximum atomic E-state index is 14.6. The lowest BCUT2D eigenvalue weighted by molar-refractivity contribution is 0.400. The Morgan fingerprint density at radius 2 is 2.03 bits per heavy atom. The van der Waals surface area contributed by atoms with Crippen LogP contribution in [0.25, 0.3) is 51.4 Å². The van der Waals surface area contributed by atoms with Gasteiger partial charge in [0.1, 0.15) is 11.5 Å². The second-order valence-electron chi connectivity index (χ2n) is 9.49. The van der Waals surface area contributed by atoms with Gasteiger partial charge in [-0.15, -0.1) is 0 Å². The van der Waals surface area contributed by atoms with Gasteiger partial charge in [-0.1, -0.05) is 30.9 Å². The quantitative estimate of drug-likeness (QED) is 0.326. The first-order valence-electron chi connectivity index (χ1n) is 12.5. The molecule has 8 heteroatoms. The van der Waals surface area contributed by atoms with E-state index in [4.69, 9.17) is 4.98 Å². The summed E-state index contributed by atoms with van der Waals surface area (Å²) in [6, 6.07) is 11.1. The molecular weight excluding hydrogens is 477 g/mol. The minimum atomic E-state index is -0.245. The number of imidazole rings is 1. The van der Waals surface area contributed by atoms with Crippen LogP contribution in [0.15, 0.2) is 61.6 Å². The van der Waals surface area contributed by atoms with Crippen LogP contribution in [0.2, 0.25) is 0 Å². The monoisotopic (exact) mass is 507 g/mol. The third-order valence-electron chi connectivity index (χ3n) is 6.41. The molecular formula is C30H30FN7. The van der Waals surface area contributed by atoms with Crippen LogP contribution >= 0.6 is 0 Å². The topological polar surface area (TPSA) is 86.4 Å². The Bertz CT molecular complexity index is 1710. The largest absolute Gasteiger partial charge is 0.337 e. The fourth-order valence-corrected chi connectivity index (χ4v) is 4.55. The van der Waals surface area contributed by atoms with E-state index in [9.17, 15) is 4.39 Å². The molecule has 0 amide bonds. The molecule has 3 heterocycles. The summed E-state index contributed by atoms with van der Waals surface area (Å²) in [7, 11) is 4.09. The lowest BCUT2D eigenvalue weighted by Gasteiger charge is -2.10. The number of hydrogen-bond acceptors (Lipinski definition) is 5. The van der Waals surface area contributed by atoms with Crippen molar-refractivity contribution in [2.75, 3.05) is 20.6 Å². The molecule has 0 aliphatic carbocycles. The van der Waals surface area contributed by atoms with Gasteiger partial charge in [-0.25, -0.2) is 9.37 Å². The number of nitrogens with one attached hydrogen (secondary N) is 2. The molecule has 0 atom stereocenters. The standard InChI is InChI=1S/C30H30FN7/c1-5-25-24(14-19(2)27-18-32-11-12-33-27)29(37-36-25)30-34-26-10-6-9-23(28(26)35-30)21-15-20(16-22(31)17-21)8-7-13-38(3)4/h5-6,9-12,14-18,36H,2,7-8,13H2,1,3-4H3,(H,34,35)/b24-14+,25-5+. The fraction of sp³-hybridized carbons (Fsp3) is 0.200. The van der Waals surface area contributed by atoms with Crippen molar-refractivity contribution in [1.82, 2.24) is 35.0 Å². The van der Waals surface area contributed by atoms with Crippen LogP contribution < -0.4 is 10.6 Å². The maximum Gasteiger partial charge on any atom is 0.159 e. The van der Waals surface area contributed by atoms with Crippen molar-refractivity contribution >= 4 is 28.8 Å². The van der Waals surface area contributed by atoms with Gasteiger partial charge in [-0.3, -0.25) is 15.1 Å². The van der Waals surface area contributed by atoms with Crippen molar-refractivity contribution in [2.24, 2.45) is 0 Å². The molecule has 0 aliphatic heterocycles. The zero-order chi connectivity index (χ0) is 26.6. The smallest absolute Gasteiger partial charge is 0.159 e. The highest BCUT2D eigenvalue weighted by atomic mass is 19.1. The number of para-hydroxylation sites is 1. The molecule has 38 heavy (non-hydrogen) atoms. The van der Waals surface area contributed by atoms with Crippen molar-refractivity contribution in [2.45, 2.75) is 19.8 Å². The molecule has 0 fully saturated rings. The Morgan fingerprint density at radius 3 is 2.79 bits per heavy atom. The maximum absolute atomic E-state index is 14.6. The molecule has 2 aromatic carbocycles. The van der Waals surface area contributed by atoms with Crippen LogP contribution in [0.5, 0.6) is 0 Å². The van der Waals surface area contributed by atoms with Crippen LogP contribution in [0.3, 0.4) is 0 Å². The summed E-state index contributed by atoms with van der Waals surface area (Å²) in [5, 5.41) is 9.33. The molecule has 7 nitrogen and oxygen atoms in total. The van der Waals surface area contributed by atoms with Gasteiger partial charge < -0.3 is 9.88 Å².